The molecular formula is C8H14OSiZn. The molecule has 1 nitrogen and oxygen atoms in total. The second-order valence-electron chi connectivity index (χ2n) is 3.28. The Balaban J connectivity index is 0. The van der Waals surface area contributed by atoms with E-state index in [1.807, 2.05) is 0 Å². The van der Waals surface area contributed by atoms with Gasteiger partial charge in [0, 0.05) is 0 Å². The van der Waals surface area contributed by atoms with Gasteiger partial charge >= 0.3 is 19.5 Å². The van der Waals surface area contributed by atoms with Gasteiger partial charge in [-0.15, -0.1) is 8.07 Å². The molecule has 1 heterocycles. The van der Waals surface area contributed by atoms with Crippen molar-refractivity contribution in [3.05, 3.63) is 31.2 Å². The third-order valence-corrected chi connectivity index (χ3v) is 0.379. The summed E-state index contributed by atoms with van der Waals surface area (Å²) in [5.41, 5.74) is 0. The Hall–Kier alpha value is 0.120. The molecule has 0 aliphatic heterocycles. The van der Waals surface area contributed by atoms with Crippen molar-refractivity contribution in [3.63, 3.8) is 0 Å². The summed E-state index contributed by atoms with van der Waals surface area (Å²) in [6.45, 7) is 10.6. The van der Waals surface area contributed by atoms with Crippen LogP contribution in [0.2, 0.25) is 19.6 Å². The van der Waals surface area contributed by atoms with Gasteiger partial charge in [-0.05, 0) is 6.26 Å². The van der Waals surface area contributed by atoms with Crippen LogP contribution in [0.5, 0.6) is 0 Å². The smallest absolute Gasteiger partial charge is 0.576 e. The van der Waals surface area contributed by atoms with Crippen LogP contribution in [0.1, 0.15) is 0 Å². The maximum atomic E-state index is 4.53. The van der Waals surface area contributed by atoms with Crippen LogP contribution in [0.4, 0.5) is 0 Å². The molecule has 11 heavy (non-hydrogen) atoms. The van der Waals surface area contributed by atoms with Crippen molar-refractivity contribution in [3.8, 4) is 0 Å². The number of hydrogen-bond acceptors (Lipinski definition) is 1. The van der Waals surface area contributed by atoms with Crippen LogP contribution in [-0.4, -0.2) is 8.07 Å². The fraction of sp³-hybridized carbons (Fsp3) is 0.375. The van der Waals surface area contributed by atoms with Gasteiger partial charge in [-0.3, -0.25) is 0 Å². The topological polar surface area (TPSA) is 13.1 Å². The number of hydrogen-bond donors (Lipinski definition) is 0. The molecule has 0 saturated heterocycles. The molecule has 0 spiro atoms. The fourth-order valence-electron chi connectivity index (χ4n) is 0.196. The second-order valence-corrected chi connectivity index (χ2v) is 8.41. The van der Waals surface area contributed by atoms with Gasteiger partial charge in [0.2, 0.25) is 0 Å². The van der Waals surface area contributed by atoms with Gasteiger partial charge in [0.1, 0.15) is 0 Å². The molecule has 0 aromatic carbocycles. The van der Waals surface area contributed by atoms with Crippen LogP contribution in [0.3, 0.4) is 0 Å². The van der Waals surface area contributed by atoms with E-state index in [1.165, 1.54) is 6.26 Å². The second kappa shape index (κ2) is 6.81. The first-order valence-electron chi connectivity index (χ1n) is 3.24. The van der Waals surface area contributed by atoms with E-state index < -0.39 is 8.07 Å². The summed E-state index contributed by atoms with van der Waals surface area (Å²) >= 11 is 0. The van der Waals surface area contributed by atoms with E-state index >= 15 is 0 Å². The zero-order valence-corrected chi connectivity index (χ0v) is 11.5. The van der Waals surface area contributed by atoms with E-state index in [0.717, 1.165) is 0 Å². The maximum absolute atomic E-state index is 4.53. The zero-order chi connectivity index (χ0) is 8.04. The van der Waals surface area contributed by atoms with Crippen LogP contribution in [0.15, 0.2) is 23.0 Å². The summed E-state index contributed by atoms with van der Waals surface area (Å²) < 4.78 is 4.53. The molecule has 0 bridgehead atoms. The van der Waals surface area contributed by atoms with Crippen molar-refractivity contribution in [2.45, 2.75) is 19.6 Å². The third kappa shape index (κ3) is 25.5. The minimum atomic E-state index is -0.861. The largest absolute Gasteiger partial charge is 2.00 e. The molecular weight excluding hydrogens is 206 g/mol. The van der Waals surface area contributed by atoms with Gasteiger partial charge in [-0.2, -0.15) is 6.07 Å². The first kappa shape index (κ1) is 13.7. The summed E-state index contributed by atoms with van der Waals surface area (Å²) in [5, 5.41) is 0. The van der Waals surface area contributed by atoms with Crippen LogP contribution in [0, 0.1) is 12.6 Å². The fourth-order valence-corrected chi connectivity index (χ4v) is 0.196. The van der Waals surface area contributed by atoms with Crippen LogP contribution < -0.4 is 0 Å². The summed E-state index contributed by atoms with van der Waals surface area (Å²) in [5.74, 6) is 0. The molecule has 0 aliphatic carbocycles. The Morgan fingerprint density at radius 3 is 1.91 bits per heavy atom. The summed E-state index contributed by atoms with van der Waals surface area (Å²) in [6.07, 6.45) is 3.07. The van der Waals surface area contributed by atoms with E-state index in [4.69, 9.17) is 0 Å². The van der Waals surface area contributed by atoms with Crippen molar-refractivity contribution in [1.82, 2.24) is 0 Å². The summed E-state index contributed by atoms with van der Waals surface area (Å²) in [6, 6.07) is 4.40. The van der Waals surface area contributed by atoms with Crippen LogP contribution in [0.25, 0.3) is 0 Å². The van der Waals surface area contributed by atoms with Gasteiger partial charge in [0.15, 0.2) is 0 Å². The monoisotopic (exact) mass is 218 g/mol. The van der Waals surface area contributed by atoms with E-state index in [-0.39, 0.29) is 19.5 Å². The van der Waals surface area contributed by atoms with E-state index in [2.05, 4.69) is 36.7 Å². The van der Waals surface area contributed by atoms with Gasteiger partial charge < -0.3 is 11.0 Å². The van der Waals surface area contributed by atoms with Gasteiger partial charge in [0.05, 0.1) is 0 Å². The summed E-state index contributed by atoms with van der Waals surface area (Å²) in [4.78, 5) is 0. The van der Waals surface area contributed by atoms with E-state index in [1.54, 1.807) is 12.3 Å². The molecule has 0 saturated carbocycles. The Kier molecular flexibility index (Phi) is 8.47. The molecule has 58 valence electrons. The summed E-state index contributed by atoms with van der Waals surface area (Å²) in [7, 11) is -0.861. The molecule has 1 rings (SSSR count). The van der Waals surface area contributed by atoms with Crippen molar-refractivity contribution in [1.29, 1.82) is 0 Å². The van der Waals surface area contributed by atoms with Gasteiger partial charge in [0.25, 0.3) is 0 Å². The molecule has 0 fully saturated rings. The molecule has 0 N–H and O–H groups in total. The minimum absolute atomic E-state index is 0. The van der Waals surface area contributed by atoms with Crippen LogP contribution >= 0.6 is 0 Å². The molecule has 1 aromatic rings. The molecule has 1 aromatic heterocycles. The third-order valence-electron chi connectivity index (χ3n) is 0.379. The minimum Gasteiger partial charge on any atom is -0.576 e. The Labute approximate surface area is 83.0 Å². The molecule has 0 amide bonds. The average Bonchev–Trinajstić information content (AvgIpc) is 2.07. The first-order chi connectivity index (χ1) is 4.50. The Bertz CT molecular complexity index is 120. The molecule has 0 atom stereocenters. The van der Waals surface area contributed by atoms with Crippen molar-refractivity contribution in [2.24, 2.45) is 0 Å². The van der Waals surface area contributed by atoms with Crippen molar-refractivity contribution in [2.75, 3.05) is 0 Å². The molecule has 0 radical (unpaired) electrons. The predicted octanol–water partition coefficient (Wildman–Crippen LogP) is 2.78. The number of furan rings is 1. The van der Waals surface area contributed by atoms with Crippen LogP contribution in [-0.2, 0) is 19.5 Å². The van der Waals surface area contributed by atoms with Crippen molar-refractivity contribution < 1.29 is 23.9 Å². The quantitative estimate of drug-likeness (QED) is 0.483. The average molecular weight is 220 g/mol. The van der Waals surface area contributed by atoms with E-state index in [0.29, 0.717) is 0 Å². The maximum Gasteiger partial charge on any atom is 2.00 e. The molecule has 3 heteroatoms. The Morgan fingerprint density at radius 1 is 1.36 bits per heavy atom. The Morgan fingerprint density at radius 2 is 1.82 bits per heavy atom. The number of rotatable bonds is 0. The van der Waals surface area contributed by atoms with Crippen molar-refractivity contribution >= 4 is 8.07 Å². The van der Waals surface area contributed by atoms with E-state index in [9.17, 15) is 0 Å². The first-order valence-corrected chi connectivity index (χ1v) is 6.94. The molecule has 0 unspecified atom stereocenters. The van der Waals surface area contributed by atoms with Gasteiger partial charge in [-0.25, -0.2) is 6.07 Å². The molecule has 0 aliphatic rings. The predicted molar refractivity (Wildman–Crippen MR) is 46.2 cm³/mol. The SMILES string of the molecule is [CH2-][Si](C)(C)C.[Zn+2].[c-]1ccoc1. The standard InChI is InChI=1S/C4H3O.C4H11Si.Zn/c1-2-4-5-3-1;1-5(2,3)4;/h1,3-4H;1H2,2-4H3;/q2*-1;+2. The normalized spacial score (nSPS) is 9.09. The zero-order valence-electron chi connectivity index (χ0n) is 7.55. The van der Waals surface area contributed by atoms with Gasteiger partial charge in [-0.1, -0.05) is 25.9 Å².